The van der Waals surface area contributed by atoms with Gasteiger partial charge in [-0.2, -0.15) is 0 Å². The molecule has 1 unspecified atom stereocenters. The minimum atomic E-state index is 0.676. The zero-order valence-electron chi connectivity index (χ0n) is 5.76. The molecule has 0 radical (unpaired) electrons. The van der Waals surface area contributed by atoms with Crippen molar-refractivity contribution >= 4 is 26.2 Å². The molecule has 0 heterocycles. The quantitative estimate of drug-likeness (QED) is 0.671. The van der Waals surface area contributed by atoms with Gasteiger partial charge in [-0.05, 0) is 0 Å². The second-order valence-electron chi connectivity index (χ2n) is 2.67. The first-order valence-electron chi connectivity index (χ1n) is 3.38. The Kier molecular flexibility index (Phi) is 3.02. The molecule has 1 aliphatic carbocycles. The second kappa shape index (κ2) is 3.59. The number of allylic oxidation sites excluding steroid dienone is 2. The molecule has 0 aliphatic heterocycles. The topological polar surface area (TPSA) is 9.23 Å². The molecule has 48 valence electrons. The van der Waals surface area contributed by atoms with Crippen LogP contribution in [0.2, 0.25) is 0 Å². The van der Waals surface area contributed by atoms with Gasteiger partial charge < -0.3 is 0 Å². The maximum atomic E-state index is 5.27. The summed E-state index contributed by atoms with van der Waals surface area (Å²) in [6.45, 7) is 2.29. The zero-order chi connectivity index (χ0) is 6.69. The molecule has 9 heavy (non-hydrogen) atoms. The van der Waals surface area contributed by atoms with E-state index in [0.29, 0.717) is 26.2 Å². The van der Waals surface area contributed by atoms with Crippen molar-refractivity contribution in [2.24, 2.45) is 5.92 Å². The Morgan fingerprint density at radius 3 is 3.00 bits per heavy atom. The molecule has 0 aromatic heterocycles. The summed E-state index contributed by atoms with van der Waals surface area (Å²) in [6, 6.07) is 0. The van der Waals surface area contributed by atoms with Gasteiger partial charge in [-0.3, -0.25) is 0 Å². The molecule has 0 saturated heterocycles. The van der Waals surface area contributed by atoms with Crippen LogP contribution in [0.25, 0.3) is 0 Å². The van der Waals surface area contributed by atoms with Gasteiger partial charge in [0.2, 0.25) is 0 Å². The monoisotopic (exact) mass is 316 g/mol. The van der Waals surface area contributed by atoms with Gasteiger partial charge in [-0.25, -0.2) is 0 Å². The van der Waals surface area contributed by atoms with E-state index in [1.165, 1.54) is 25.0 Å². The van der Waals surface area contributed by atoms with Crippen molar-refractivity contribution in [3.63, 3.8) is 0 Å². The van der Waals surface area contributed by atoms with E-state index < -0.39 is 0 Å². The first-order valence-corrected chi connectivity index (χ1v) is 5.22. The van der Waals surface area contributed by atoms with Crippen molar-refractivity contribution < 1.29 is 2.69 Å². The number of rotatable bonds is 1. The molecule has 1 nitrogen and oxygen atoms in total. The predicted octanol–water partition coefficient (Wildman–Crippen LogP) is 1.79. The molecule has 1 rings (SSSR count). The van der Waals surface area contributed by atoms with Gasteiger partial charge in [0, 0.05) is 0 Å². The van der Waals surface area contributed by atoms with Crippen LogP contribution in [0.5, 0.6) is 0 Å². The first kappa shape index (κ1) is 7.57. The van der Waals surface area contributed by atoms with Gasteiger partial charge in [-0.15, -0.1) is 0 Å². The van der Waals surface area contributed by atoms with Crippen molar-refractivity contribution in [3.8, 4) is 0 Å². The Labute approximate surface area is 72.8 Å². The third-order valence-corrected chi connectivity index (χ3v) is 2.96. The van der Waals surface area contributed by atoms with E-state index in [0.717, 1.165) is 5.92 Å². The third kappa shape index (κ3) is 2.28. The molecule has 0 fully saturated rings. The molecule has 1 atom stereocenters. The fourth-order valence-corrected chi connectivity index (χ4v) is 1.88. The van der Waals surface area contributed by atoms with E-state index in [4.69, 9.17) is 2.69 Å². The van der Waals surface area contributed by atoms with E-state index >= 15 is 0 Å². The van der Waals surface area contributed by atoms with Crippen molar-refractivity contribution in [2.75, 3.05) is 0 Å². The van der Waals surface area contributed by atoms with Crippen LogP contribution in [0.15, 0.2) is 11.8 Å². The summed E-state index contributed by atoms with van der Waals surface area (Å²) < 4.78 is 5.27. The second-order valence-corrected chi connectivity index (χ2v) is 3.58. The summed E-state index contributed by atoms with van der Waals surface area (Å²) in [7, 11) is 0. The van der Waals surface area contributed by atoms with Crippen molar-refractivity contribution in [1.29, 1.82) is 0 Å². The summed E-state index contributed by atoms with van der Waals surface area (Å²) in [4.78, 5) is 0. The summed E-state index contributed by atoms with van der Waals surface area (Å²) in [6.07, 6.45) is 5.96. The van der Waals surface area contributed by atoms with Crippen molar-refractivity contribution in [2.45, 2.75) is 26.2 Å². The number of hydrogen-bond acceptors (Lipinski definition) is 1. The van der Waals surface area contributed by atoms with Gasteiger partial charge in [0.15, 0.2) is 0 Å². The molecule has 0 saturated carbocycles. The molecular weight excluding hydrogens is 304 g/mol. The standard InChI is InChI=1S/C7H12O.Tl/c1-6-2-4-7(8)5-3-6;/h4,6,8H,2-3,5H2,1H3;/q;+1/p-1. The van der Waals surface area contributed by atoms with Crippen LogP contribution in [0.3, 0.4) is 0 Å². The molecule has 0 aromatic carbocycles. The Morgan fingerprint density at radius 2 is 2.56 bits per heavy atom. The van der Waals surface area contributed by atoms with Crippen LogP contribution in [0.1, 0.15) is 26.2 Å². The van der Waals surface area contributed by atoms with Crippen LogP contribution in [0.4, 0.5) is 0 Å². The molecule has 0 amide bonds. The summed E-state index contributed by atoms with van der Waals surface area (Å²) >= 11 is 0.676. The Balaban J connectivity index is 2.40. The predicted molar refractivity (Wildman–Crippen MR) is 37.9 cm³/mol. The van der Waals surface area contributed by atoms with E-state index in [-0.39, 0.29) is 0 Å². The van der Waals surface area contributed by atoms with E-state index in [1.54, 1.807) is 0 Å². The van der Waals surface area contributed by atoms with E-state index in [1.807, 2.05) is 0 Å². The molecule has 1 aliphatic rings. The van der Waals surface area contributed by atoms with Crippen LogP contribution >= 0.6 is 0 Å². The summed E-state index contributed by atoms with van der Waals surface area (Å²) in [5.41, 5.74) is 0. The minimum absolute atomic E-state index is 0.676. The SMILES string of the molecule is CC1CC=C([O][Tl])CC1. The van der Waals surface area contributed by atoms with Crippen LogP contribution < -0.4 is 0 Å². The van der Waals surface area contributed by atoms with Crippen molar-refractivity contribution in [3.05, 3.63) is 11.8 Å². The van der Waals surface area contributed by atoms with E-state index in [9.17, 15) is 0 Å². The summed E-state index contributed by atoms with van der Waals surface area (Å²) in [5.74, 6) is 2.13. The average molecular weight is 316 g/mol. The van der Waals surface area contributed by atoms with E-state index in [2.05, 4.69) is 13.0 Å². The van der Waals surface area contributed by atoms with Crippen LogP contribution in [-0.4, -0.2) is 26.2 Å². The first-order chi connectivity index (χ1) is 4.33. The van der Waals surface area contributed by atoms with Gasteiger partial charge in [-0.1, -0.05) is 0 Å². The fourth-order valence-electron chi connectivity index (χ4n) is 1.05. The van der Waals surface area contributed by atoms with Crippen LogP contribution in [0, 0.1) is 5.92 Å². The molecule has 0 N–H and O–H groups in total. The average Bonchev–Trinajstić information content (AvgIpc) is 1.90. The maximum absolute atomic E-state index is 5.27. The van der Waals surface area contributed by atoms with Crippen LogP contribution in [-0.2, 0) is 2.69 Å². The Hall–Kier alpha value is 0.462. The van der Waals surface area contributed by atoms with Crippen molar-refractivity contribution in [1.82, 2.24) is 0 Å². The molecular formula is C7H11OTl. The Bertz CT molecular complexity index is 120. The van der Waals surface area contributed by atoms with Gasteiger partial charge in [0.05, 0.1) is 0 Å². The molecule has 2 heteroatoms. The fraction of sp³-hybridized carbons (Fsp3) is 0.714. The summed E-state index contributed by atoms with van der Waals surface area (Å²) in [5, 5.41) is 0. The Morgan fingerprint density at radius 1 is 1.78 bits per heavy atom. The van der Waals surface area contributed by atoms with Gasteiger partial charge in [0.25, 0.3) is 0 Å². The van der Waals surface area contributed by atoms with Gasteiger partial charge in [0.1, 0.15) is 0 Å². The number of hydrogen-bond donors (Lipinski definition) is 0. The van der Waals surface area contributed by atoms with Gasteiger partial charge >= 0.3 is 72.8 Å². The normalized spacial score (nSPS) is 27.1. The molecule has 0 bridgehead atoms. The molecule has 0 spiro atoms. The third-order valence-electron chi connectivity index (χ3n) is 1.78. The molecule has 0 aromatic rings. The zero-order valence-corrected chi connectivity index (χ0v) is 10.3.